The van der Waals surface area contributed by atoms with E-state index in [1.807, 2.05) is 34.9 Å². The average molecular weight is 356 g/mol. The molecule has 2 aliphatic rings. The fourth-order valence-electron chi connectivity index (χ4n) is 3.65. The fraction of sp³-hybridized carbons (Fsp3) is 0.526. The van der Waals surface area contributed by atoms with Crippen molar-refractivity contribution >= 4 is 22.8 Å². The zero-order chi connectivity index (χ0) is 18.1. The van der Waals surface area contributed by atoms with Gasteiger partial charge in [0.25, 0.3) is 11.8 Å². The molecule has 2 aliphatic heterocycles. The van der Waals surface area contributed by atoms with Gasteiger partial charge in [0.1, 0.15) is 11.9 Å². The molecule has 2 amide bonds. The Hall–Kier alpha value is -2.41. The van der Waals surface area contributed by atoms with Crippen LogP contribution >= 0.6 is 0 Å². The van der Waals surface area contributed by atoms with E-state index in [1.54, 1.807) is 0 Å². The number of piperazine rings is 1. The second-order valence-electron chi connectivity index (χ2n) is 6.89. The van der Waals surface area contributed by atoms with E-state index >= 15 is 0 Å². The van der Waals surface area contributed by atoms with Crippen LogP contribution in [0.4, 0.5) is 0 Å². The first-order valence-electron chi connectivity index (χ1n) is 9.34. The Bertz CT molecular complexity index is 817. The van der Waals surface area contributed by atoms with Crippen molar-refractivity contribution in [3.05, 3.63) is 29.6 Å². The van der Waals surface area contributed by atoms with Crippen LogP contribution in [0.5, 0.6) is 0 Å². The topological polar surface area (TPSA) is 78.5 Å². The first-order chi connectivity index (χ1) is 12.7. The van der Waals surface area contributed by atoms with Crippen LogP contribution in [-0.2, 0) is 16.0 Å². The van der Waals surface area contributed by atoms with Gasteiger partial charge in [-0.3, -0.25) is 9.59 Å². The van der Waals surface area contributed by atoms with E-state index in [0.717, 1.165) is 36.1 Å². The van der Waals surface area contributed by atoms with Gasteiger partial charge in [-0.15, -0.1) is 0 Å². The third-order valence-electron chi connectivity index (χ3n) is 5.20. The van der Waals surface area contributed by atoms with Gasteiger partial charge in [0.2, 0.25) is 0 Å². The number of aromatic amines is 1. The fourth-order valence-corrected chi connectivity index (χ4v) is 3.65. The van der Waals surface area contributed by atoms with Gasteiger partial charge in [0.05, 0.1) is 11.0 Å². The maximum atomic E-state index is 12.8. The molecule has 1 N–H and O–H groups in total. The standard InChI is InChI=1S/C19H24N4O3/c1-2-17-20-14-6-5-13(12-15(14)21-17)18(24)22-7-9-23(10-8-22)19(25)16-4-3-11-26-16/h5-6,12,16H,2-4,7-11H2,1H3,(H,20,21). The molecule has 0 bridgehead atoms. The first kappa shape index (κ1) is 17.0. The number of hydrogen-bond acceptors (Lipinski definition) is 4. The smallest absolute Gasteiger partial charge is 0.254 e. The van der Waals surface area contributed by atoms with Crippen molar-refractivity contribution in [2.24, 2.45) is 0 Å². The molecule has 1 aromatic carbocycles. The van der Waals surface area contributed by atoms with Crippen LogP contribution in [0.3, 0.4) is 0 Å². The monoisotopic (exact) mass is 356 g/mol. The zero-order valence-corrected chi connectivity index (χ0v) is 15.0. The molecule has 0 aliphatic carbocycles. The lowest BCUT2D eigenvalue weighted by Gasteiger charge is -2.35. The predicted octanol–water partition coefficient (Wildman–Crippen LogP) is 1.59. The van der Waals surface area contributed by atoms with Crippen LogP contribution in [0.15, 0.2) is 18.2 Å². The van der Waals surface area contributed by atoms with Crippen molar-refractivity contribution in [1.82, 2.24) is 19.8 Å². The minimum Gasteiger partial charge on any atom is -0.368 e. The van der Waals surface area contributed by atoms with E-state index in [4.69, 9.17) is 4.74 Å². The summed E-state index contributed by atoms with van der Waals surface area (Å²) in [5.41, 5.74) is 2.42. The highest BCUT2D eigenvalue weighted by molar-refractivity contribution is 5.97. The SMILES string of the molecule is CCc1nc2ccc(C(=O)N3CCN(C(=O)C4CCCO4)CC3)cc2[nH]1. The van der Waals surface area contributed by atoms with Gasteiger partial charge in [-0.25, -0.2) is 4.98 Å². The van der Waals surface area contributed by atoms with Gasteiger partial charge < -0.3 is 19.5 Å². The van der Waals surface area contributed by atoms with Crippen LogP contribution < -0.4 is 0 Å². The molecule has 1 aromatic heterocycles. The molecule has 2 aromatic rings. The number of fused-ring (bicyclic) bond motifs is 1. The van der Waals surface area contributed by atoms with Crippen LogP contribution in [0.25, 0.3) is 11.0 Å². The number of nitrogens with one attached hydrogen (secondary N) is 1. The van der Waals surface area contributed by atoms with E-state index in [0.29, 0.717) is 38.3 Å². The highest BCUT2D eigenvalue weighted by atomic mass is 16.5. The Kier molecular flexibility index (Phi) is 4.63. The van der Waals surface area contributed by atoms with Crippen molar-refractivity contribution in [1.29, 1.82) is 0 Å². The van der Waals surface area contributed by atoms with Gasteiger partial charge in [-0.05, 0) is 31.0 Å². The number of ether oxygens (including phenoxy) is 1. The van der Waals surface area contributed by atoms with Crippen molar-refractivity contribution < 1.29 is 14.3 Å². The maximum absolute atomic E-state index is 12.8. The van der Waals surface area contributed by atoms with Crippen molar-refractivity contribution in [2.45, 2.75) is 32.3 Å². The molecule has 0 spiro atoms. The maximum Gasteiger partial charge on any atom is 0.254 e. The molecule has 4 rings (SSSR count). The van der Waals surface area contributed by atoms with Crippen molar-refractivity contribution in [2.75, 3.05) is 32.8 Å². The van der Waals surface area contributed by atoms with Gasteiger partial charge >= 0.3 is 0 Å². The van der Waals surface area contributed by atoms with Crippen LogP contribution in [0.1, 0.15) is 35.9 Å². The summed E-state index contributed by atoms with van der Waals surface area (Å²) in [6.07, 6.45) is 2.30. The van der Waals surface area contributed by atoms with E-state index in [2.05, 4.69) is 9.97 Å². The number of rotatable bonds is 3. The van der Waals surface area contributed by atoms with E-state index in [9.17, 15) is 9.59 Å². The predicted molar refractivity (Wildman–Crippen MR) is 96.9 cm³/mol. The number of carbonyl (C=O) groups is 2. The van der Waals surface area contributed by atoms with Crippen molar-refractivity contribution in [3.8, 4) is 0 Å². The minimum absolute atomic E-state index is 0.00349. The number of amides is 2. The Balaban J connectivity index is 1.40. The second-order valence-corrected chi connectivity index (χ2v) is 6.89. The summed E-state index contributed by atoms with van der Waals surface area (Å²) in [7, 11) is 0. The molecule has 2 saturated heterocycles. The molecular weight excluding hydrogens is 332 g/mol. The lowest BCUT2D eigenvalue weighted by atomic mass is 10.1. The number of H-pyrrole nitrogens is 1. The lowest BCUT2D eigenvalue weighted by Crippen LogP contribution is -2.52. The van der Waals surface area contributed by atoms with E-state index in [-0.39, 0.29) is 17.9 Å². The molecule has 138 valence electrons. The number of aromatic nitrogens is 2. The molecule has 3 heterocycles. The Morgan fingerprint density at radius 1 is 1.23 bits per heavy atom. The molecule has 7 heteroatoms. The van der Waals surface area contributed by atoms with Gasteiger partial charge in [0.15, 0.2) is 0 Å². The molecule has 1 atom stereocenters. The molecule has 7 nitrogen and oxygen atoms in total. The molecule has 0 radical (unpaired) electrons. The summed E-state index contributed by atoms with van der Waals surface area (Å²) < 4.78 is 5.48. The summed E-state index contributed by atoms with van der Waals surface area (Å²) >= 11 is 0. The molecule has 26 heavy (non-hydrogen) atoms. The normalized spacial score (nSPS) is 20.7. The number of benzene rings is 1. The number of nitrogens with zero attached hydrogens (tertiary/aromatic N) is 3. The lowest BCUT2D eigenvalue weighted by molar-refractivity contribution is -0.142. The van der Waals surface area contributed by atoms with Crippen LogP contribution in [-0.4, -0.2) is 70.5 Å². The Labute approximate surface area is 152 Å². The largest absolute Gasteiger partial charge is 0.368 e. The Morgan fingerprint density at radius 2 is 2.00 bits per heavy atom. The second kappa shape index (κ2) is 7.07. The van der Waals surface area contributed by atoms with Crippen LogP contribution in [0.2, 0.25) is 0 Å². The molecule has 1 unspecified atom stereocenters. The average Bonchev–Trinajstić information content (AvgIpc) is 3.35. The van der Waals surface area contributed by atoms with E-state index in [1.165, 1.54) is 0 Å². The quantitative estimate of drug-likeness (QED) is 0.906. The van der Waals surface area contributed by atoms with Gasteiger partial charge in [-0.1, -0.05) is 6.92 Å². The summed E-state index contributed by atoms with van der Waals surface area (Å²) in [6, 6.07) is 5.58. The highest BCUT2D eigenvalue weighted by Crippen LogP contribution is 2.18. The summed E-state index contributed by atoms with van der Waals surface area (Å²) in [4.78, 5) is 36.6. The number of hydrogen-bond donors (Lipinski definition) is 1. The van der Waals surface area contributed by atoms with Crippen molar-refractivity contribution in [3.63, 3.8) is 0 Å². The highest BCUT2D eigenvalue weighted by Gasteiger charge is 2.31. The summed E-state index contributed by atoms with van der Waals surface area (Å²) in [5, 5.41) is 0. The third-order valence-corrected chi connectivity index (χ3v) is 5.20. The summed E-state index contributed by atoms with van der Waals surface area (Å²) in [6.45, 7) is 4.95. The number of imidazole rings is 1. The third kappa shape index (κ3) is 3.19. The number of carbonyl (C=O) groups excluding carboxylic acids is 2. The zero-order valence-electron chi connectivity index (χ0n) is 15.0. The summed E-state index contributed by atoms with van der Waals surface area (Å²) in [5.74, 6) is 0.996. The van der Waals surface area contributed by atoms with Crippen LogP contribution in [0, 0.1) is 0 Å². The number of aryl methyl sites for hydroxylation is 1. The minimum atomic E-state index is -0.284. The van der Waals surface area contributed by atoms with E-state index < -0.39 is 0 Å². The molecule has 2 fully saturated rings. The first-order valence-corrected chi connectivity index (χ1v) is 9.34. The van der Waals surface area contributed by atoms with Gasteiger partial charge in [0, 0.05) is 44.8 Å². The van der Waals surface area contributed by atoms with Gasteiger partial charge in [-0.2, -0.15) is 0 Å². The molecular formula is C19H24N4O3. The Morgan fingerprint density at radius 3 is 2.69 bits per heavy atom. The molecule has 0 saturated carbocycles.